The average Bonchev–Trinajstić information content (AvgIpc) is 2.82. The molecule has 0 radical (unpaired) electrons. The molecule has 2 amide bonds. The molecule has 0 aliphatic carbocycles. The number of carbonyl (C=O) groups excluding carboxylic acids is 2. The number of hydrogen-bond acceptors (Lipinski definition) is 5. The molecule has 3 heterocycles. The molecule has 1 saturated heterocycles. The maximum atomic E-state index is 12.2. The van der Waals surface area contributed by atoms with Gasteiger partial charge in [-0.05, 0) is 19.4 Å². The number of aromatic nitrogens is 2. The van der Waals surface area contributed by atoms with E-state index in [-0.39, 0.29) is 17.9 Å². The molecule has 1 aliphatic rings. The first-order valence-corrected chi connectivity index (χ1v) is 6.43. The van der Waals surface area contributed by atoms with E-state index in [0.29, 0.717) is 36.4 Å². The number of amides is 2. The Morgan fingerprint density at radius 2 is 2.40 bits per heavy atom. The molecule has 0 spiro atoms. The largest absolute Gasteiger partial charge is 0.354 e. The first-order chi connectivity index (χ1) is 9.63. The summed E-state index contributed by atoms with van der Waals surface area (Å²) in [5.41, 5.74) is 1.58. The van der Waals surface area contributed by atoms with Gasteiger partial charge in [0.15, 0.2) is 0 Å². The summed E-state index contributed by atoms with van der Waals surface area (Å²) in [7, 11) is 0. The number of piperidine rings is 1. The van der Waals surface area contributed by atoms with E-state index in [2.05, 4.69) is 20.8 Å². The van der Waals surface area contributed by atoms with Gasteiger partial charge in [0.2, 0.25) is 5.91 Å². The van der Waals surface area contributed by atoms with Crippen molar-refractivity contribution < 1.29 is 14.1 Å². The number of nitrogens with one attached hydrogen (secondary N) is 2. The molecule has 2 aromatic rings. The molecular weight excluding hydrogens is 260 g/mol. The van der Waals surface area contributed by atoms with Crippen LogP contribution in [-0.2, 0) is 4.79 Å². The second-order valence-corrected chi connectivity index (χ2v) is 4.86. The molecule has 1 unspecified atom stereocenters. The van der Waals surface area contributed by atoms with E-state index < -0.39 is 0 Å². The summed E-state index contributed by atoms with van der Waals surface area (Å²) in [6.07, 6.45) is 2.55. The normalized spacial score (nSPS) is 18.9. The maximum Gasteiger partial charge on any atom is 0.257 e. The Morgan fingerprint density at radius 1 is 1.55 bits per heavy atom. The van der Waals surface area contributed by atoms with Crippen LogP contribution in [0.25, 0.3) is 11.1 Å². The van der Waals surface area contributed by atoms with Gasteiger partial charge in [0, 0.05) is 25.2 Å². The first-order valence-electron chi connectivity index (χ1n) is 6.43. The lowest BCUT2D eigenvalue weighted by atomic mass is 10.1. The number of rotatable bonds is 2. The van der Waals surface area contributed by atoms with E-state index in [1.54, 1.807) is 13.0 Å². The topological polar surface area (TPSA) is 97.1 Å². The van der Waals surface area contributed by atoms with Gasteiger partial charge in [0.1, 0.15) is 0 Å². The quantitative estimate of drug-likeness (QED) is 0.833. The third-order valence-corrected chi connectivity index (χ3v) is 3.37. The smallest absolute Gasteiger partial charge is 0.257 e. The van der Waals surface area contributed by atoms with Gasteiger partial charge >= 0.3 is 0 Å². The van der Waals surface area contributed by atoms with Gasteiger partial charge in [0.05, 0.1) is 16.6 Å². The molecule has 20 heavy (non-hydrogen) atoms. The van der Waals surface area contributed by atoms with Crippen molar-refractivity contribution in [3.63, 3.8) is 0 Å². The van der Waals surface area contributed by atoms with Gasteiger partial charge in [-0.2, -0.15) is 0 Å². The molecule has 1 fully saturated rings. The molecular formula is C13H14N4O3. The number of pyridine rings is 1. The monoisotopic (exact) mass is 274 g/mol. The molecule has 1 atom stereocenters. The van der Waals surface area contributed by atoms with Crippen LogP contribution >= 0.6 is 0 Å². The van der Waals surface area contributed by atoms with Gasteiger partial charge in [0.25, 0.3) is 11.6 Å². The van der Waals surface area contributed by atoms with E-state index in [4.69, 9.17) is 4.52 Å². The summed E-state index contributed by atoms with van der Waals surface area (Å²) >= 11 is 0. The van der Waals surface area contributed by atoms with Crippen LogP contribution in [0.3, 0.4) is 0 Å². The second-order valence-electron chi connectivity index (χ2n) is 4.86. The van der Waals surface area contributed by atoms with Crippen molar-refractivity contribution in [1.29, 1.82) is 0 Å². The van der Waals surface area contributed by atoms with Gasteiger partial charge in [-0.1, -0.05) is 5.16 Å². The molecule has 0 bridgehead atoms. The van der Waals surface area contributed by atoms with Crippen molar-refractivity contribution in [3.05, 3.63) is 23.5 Å². The van der Waals surface area contributed by atoms with Crippen molar-refractivity contribution >= 4 is 22.9 Å². The number of nitrogens with zero attached hydrogens (tertiary/aromatic N) is 2. The Hall–Kier alpha value is -2.44. The van der Waals surface area contributed by atoms with Crippen molar-refractivity contribution in [2.45, 2.75) is 25.8 Å². The molecule has 0 saturated carbocycles. The van der Waals surface area contributed by atoms with Gasteiger partial charge in [-0.3, -0.25) is 9.59 Å². The Labute approximate surface area is 114 Å². The summed E-state index contributed by atoms with van der Waals surface area (Å²) in [5, 5.41) is 10.2. The third-order valence-electron chi connectivity index (χ3n) is 3.37. The Balaban J connectivity index is 1.75. The number of carbonyl (C=O) groups is 2. The SMILES string of the molecule is Cc1noc2ncc(C(=O)NC3CCC(=O)NC3)cc12. The Kier molecular flexibility index (Phi) is 3.09. The van der Waals surface area contributed by atoms with Crippen LogP contribution in [0.15, 0.2) is 16.8 Å². The number of aryl methyl sites for hydroxylation is 1. The summed E-state index contributed by atoms with van der Waals surface area (Å²) < 4.78 is 5.00. The third kappa shape index (κ3) is 2.34. The average molecular weight is 274 g/mol. The number of fused-ring (bicyclic) bond motifs is 1. The lowest BCUT2D eigenvalue weighted by molar-refractivity contribution is -0.122. The summed E-state index contributed by atoms with van der Waals surface area (Å²) in [6, 6.07) is 1.67. The van der Waals surface area contributed by atoms with Crippen molar-refractivity contribution in [2.24, 2.45) is 0 Å². The molecule has 1 aliphatic heterocycles. The molecule has 3 rings (SSSR count). The fraction of sp³-hybridized carbons (Fsp3) is 0.385. The minimum absolute atomic E-state index is 0.0266. The predicted molar refractivity (Wildman–Crippen MR) is 70.0 cm³/mol. The second kappa shape index (κ2) is 4.92. The highest BCUT2D eigenvalue weighted by Gasteiger charge is 2.20. The highest BCUT2D eigenvalue weighted by atomic mass is 16.5. The summed E-state index contributed by atoms with van der Waals surface area (Å²) in [6.45, 7) is 2.26. The van der Waals surface area contributed by atoms with Crippen molar-refractivity contribution in [3.8, 4) is 0 Å². The van der Waals surface area contributed by atoms with Crippen LogP contribution in [-0.4, -0.2) is 34.5 Å². The standard InChI is InChI=1S/C13H14N4O3/c1-7-10-4-8(5-15-13(10)20-17-7)12(19)16-9-2-3-11(18)14-6-9/h4-5,9H,2-3,6H2,1H3,(H,14,18)(H,16,19). The molecule has 2 aromatic heterocycles. The Bertz CT molecular complexity index is 669. The zero-order valence-electron chi connectivity index (χ0n) is 11.0. The zero-order chi connectivity index (χ0) is 14.1. The molecule has 2 N–H and O–H groups in total. The lowest BCUT2D eigenvalue weighted by Crippen LogP contribution is -2.47. The van der Waals surface area contributed by atoms with Crippen molar-refractivity contribution in [2.75, 3.05) is 6.54 Å². The minimum Gasteiger partial charge on any atom is -0.354 e. The van der Waals surface area contributed by atoms with E-state index in [9.17, 15) is 9.59 Å². The first kappa shape index (κ1) is 12.6. The lowest BCUT2D eigenvalue weighted by Gasteiger charge is -2.23. The predicted octanol–water partition coefficient (Wildman–Crippen LogP) is 0.540. The summed E-state index contributed by atoms with van der Waals surface area (Å²) in [5.74, 6) is -0.181. The maximum absolute atomic E-state index is 12.2. The molecule has 7 heteroatoms. The Morgan fingerprint density at radius 3 is 3.15 bits per heavy atom. The van der Waals surface area contributed by atoms with Crippen LogP contribution in [0.5, 0.6) is 0 Å². The molecule has 7 nitrogen and oxygen atoms in total. The highest BCUT2D eigenvalue weighted by molar-refractivity contribution is 5.97. The zero-order valence-corrected chi connectivity index (χ0v) is 11.0. The van der Waals surface area contributed by atoms with Crippen LogP contribution in [0.1, 0.15) is 28.9 Å². The molecule has 104 valence electrons. The van der Waals surface area contributed by atoms with Crippen LogP contribution in [0.4, 0.5) is 0 Å². The van der Waals surface area contributed by atoms with Crippen LogP contribution in [0, 0.1) is 6.92 Å². The fourth-order valence-corrected chi connectivity index (χ4v) is 2.19. The molecule has 0 aromatic carbocycles. The van der Waals surface area contributed by atoms with Crippen molar-refractivity contribution in [1.82, 2.24) is 20.8 Å². The highest BCUT2D eigenvalue weighted by Crippen LogP contribution is 2.17. The van der Waals surface area contributed by atoms with E-state index in [1.165, 1.54) is 6.20 Å². The van der Waals surface area contributed by atoms with Crippen LogP contribution in [0.2, 0.25) is 0 Å². The van der Waals surface area contributed by atoms with E-state index in [0.717, 1.165) is 5.39 Å². The fourth-order valence-electron chi connectivity index (χ4n) is 2.19. The summed E-state index contributed by atoms with van der Waals surface area (Å²) in [4.78, 5) is 27.3. The minimum atomic E-state index is -0.207. The van der Waals surface area contributed by atoms with Gasteiger partial charge in [-0.15, -0.1) is 0 Å². The van der Waals surface area contributed by atoms with Gasteiger partial charge in [-0.25, -0.2) is 4.98 Å². The van der Waals surface area contributed by atoms with E-state index in [1.807, 2.05) is 0 Å². The van der Waals surface area contributed by atoms with E-state index >= 15 is 0 Å². The van der Waals surface area contributed by atoms with Gasteiger partial charge < -0.3 is 15.2 Å². The number of hydrogen-bond donors (Lipinski definition) is 2. The van der Waals surface area contributed by atoms with Crippen LogP contribution < -0.4 is 10.6 Å².